The second kappa shape index (κ2) is 6.42. The first-order valence-electron chi connectivity index (χ1n) is 5.95. The van der Waals surface area contributed by atoms with E-state index < -0.39 is 6.04 Å². The van der Waals surface area contributed by atoms with Crippen molar-refractivity contribution in [3.05, 3.63) is 16.8 Å². The van der Waals surface area contributed by atoms with Gasteiger partial charge >= 0.3 is 5.97 Å². The summed E-state index contributed by atoms with van der Waals surface area (Å²) in [6.45, 7) is 7.44. The van der Waals surface area contributed by atoms with E-state index in [2.05, 4.69) is 15.5 Å². The van der Waals surface area contributed by atoms with Gasteiger partial charge < -0.3 is 15.8 Å². The van der Waals surface area contributed by atoms with Gasteiger partial charge in [0.25, 0.3) is 0 Å². The van der Waals surface area contributed by atoms with Gasteiger partial charge in [0, 0.05) is 0 Å². The number of carbonyl (C=O) groups is 1. The van der Waals surface area contributed by atoms with E-state index in [4.69, 9.17) is 22.7 Å². The number of nitrogens with one attached hydrogen (secondary N) is 1. The van der Waals surface area contributed by atoms with Crippen LogP contribution in [-0.2, 0) is 9.53 Å². The summed E-state index contributed by atoms with van der Waals surface area (Å²) in [5.74, 6) is 0.0348. The van der Waals surface area contributed by atoms with Crippen LogP contribution in [0.2, 0.25) is 0 Å². The third-order valence-electron chi connectivity index (χ3n) is 2.69. The summed E-state index contributed by atoms with van der Waals surface area (Å²) in [4.78, 5) is 11.8. The maximum Gasteiger partial charge on any atom is 0.328 e. The summed E-state index contributed by atoms with van der Waals surface area (Å²) in [6, 6.07) is -0.551. The normalized spacial score (nSPS) is 11.8. The van der Waals surface area contributed by atoms with Crippen molar-refractivity contribution in [3.8, 4) is 0 Å². The number of ether oxygens (including phenoxy) is 1. The molecule has 0 amide bonds. The number of hydrogen-bond donors (Lipinski definition) is 2. The minimum atomic E-state index is -0.551. The largest absolute Gasteiger partial charge is 0.464 e. The maximum atomic E-state index is 11.6. The fraction of sp³-hybridized carbons (Fsp3) is 0.500. The van der Waals surface area contributed by atoms with Crippen LogP contribution in [0, 0.1) is 13.8 Å². The number of aromatic nitrogens is 2. The van der Waals surface area contributed by atoms with Crippen LogP contribution in [0.1, 0.15) is 30.7 Å². The number of nitrogens with two attached hydrogens (primary N) is 1. The van der Waals surface area contributed by atoms with E-state index in [0.29, 0.717) is 18.0 Å². The standard InChI is InChI=1S/C12H18N4O2S/c1-5-18-12(17)8(4)14-11-9(10(13)19)6(2)7(3)15-16-11/h8H,5H2,1-4H3,(H2,13,19)(H,14,16). The van der Waals surface area contributed by atoms with Gasteiger partial charge in [-0.15, -0.1) is 5.10 Å². The summed E-state index contributed by atoms with van der Waals surface area (Å²) in [5.41, 5.74) is 7.91. The highest BCUT2D eigenvalue weighted by Crippen LogP contribution is 2.19. The Hall–Kier alpha value is -1.76. The van der Waals surface area contributed by atoms with Gasteiger partial charge in [0.1, 0.15) is 11.0 Å². The zero-order chi connectivity index (χ0) is 14.6. The molecule has 1 unspecified atom stereocenters. The first-order valence-corrected chi connectivity index (χ1v) is 6.36. The third kappa shape index (κ3) is 3.60. The summed E-state index contributed by atoms with van der Waals surface area (Å²) < 4.78 is 4.92. The Labute approximate surface area is 117 Å². The number of nitrogens with zero attached hydrogens (tertiary/aromatic N) is 2. The molecular weight excluding hydrogens is 264 g/mol. The molecule has 0 radical (unpaired) electrons. The Morgan fingerprint density at radius 1 is 1.47 bits per heavy atom. The number of anilines is 1. The summed E-state index contributed by atoms with van der Waals surface area (Å²) in [7, 11) is 0. The first kappa shape index (κ1) is 15.3. The van der Waals surface area contributed by atoms with Crippen LogP contribution < -0.4 is 11.1 Å². The molecule has 1 atom stereocenters. The zero-order valence-corrected chi connectivity index (χ0v) is 12.3. The minimum absolute atomic E-state index is 0.217. The molecule has 1 aromatic heterocycles. The molecule has 0 saturated carbocycles. The number of carbonyl (C=O) groups excluding carboxylic acids is 1. The van der Waals surface area contributed by atoms with Gasteiger partial charge in [-0.2, -0.15) is 5.10 Å². The van der Waals surface area contributed by atoms with Gasteiger partial charge in [-0.1, -0.05) is 12.2 Å². The summed E-state index contributed by atoms with van der Waals surface area (Å²) in [5, 5.41) is 10.9. The molecule has 0 aliphatic carbocycles. The maximum absolute atomic E-state index is 11.6. The molecule has 0 aliphatic rings. The molecule has 104 valence electrons. The van der Waals surface area contributed by atoms with Crippen molar-refractivity contribution >= 4 is 29.0 Å². The van der Waals surface area contributed by atoms with E-state index in [-0.39, 0.29) is 11.0 Å². The highest BCUT2D eigenvalue weighted by atomic mass is 32.1. The van der Waals surface area contributed by atoms with E-state index >= 15 is 0 Å². The van der Waals surface area contributed by atoms with Crippen molar-refractivity contribution in [3.63, 3.8) is 0 Å². The summed E-state index contributed by atoms with van der Waals surface area (Å²) in [6.07, 6.45) is 0. The number of rotatable bonds is 5. The van der Waals surface area contributed by atoms with Crippen LogP contribution in [0.15, 0.2) is 0 Å². The minimum Gasteiger partial charge on any atom is -0.464 e. The van der Waals surface area contributed by atoms with Gasteiger partial charge in [0.15, 0.2) is 5.82 Å². The van der Waals surface area contributed by atoms with Crippen molar-refractivity contribution < 1.29 is 9.53 Å². The Bertz CT molecular complexity index is 505. The average Bonchev–Trinajstić information content (AvgIpc) is 2.33. The average molecular weight is 282 g/mol. The molecule has 6 nitrogen and oxygen atoms in total. The monoisotopic (exact) mass is 282 g/mol. The van der Waals surface area contributed by atoms with Crippen molar-refractivity contribution in [2.75, 3.05) is 11.9 Å². The molecule has 1 rings (SSSR count). The highest BCUT2D eigenvalue weighted by molar-refractivity contribution is 7.80. The molecule has 19 heavy (non-hydrogen) atoms. The second-order valence-corrected chi connectivity index (χ2v) is 4.56. The fourth-order valence-corrected chi connectivity index (χ4v) is 1.79. The first-order chi connectivity index (χ1) is 8.88. The van der Waals surface area contributed by atoms with Crippen molar-refractivity contribution in [1.29, 1.82) is 0 Å². The SMILES string of the molecule is CCOC(=O)C(C)Nc1nnc(C)c(C)c1C(N)=S. The van der Waals surface area contributed by atoms with Crippen molar-refractivity contribution in [1.82, 2.24) is 10.2 Å². The molecule has 0 fully saturated rings. The van der Waals surface area contributed by atoms with Crippen molar-refractivity contribution in [2.45, 2.75) is 33.7 Å². The van der Waals surface area contributed by atoms with E-state index in [1.807, 2.05) is 13.8 Å². The van der Waals surface area contributed by atoms with Gasteiger partial charge in [0.05, 0.1) is 17.9 Å². The molecule has 0 bridgehead atoms. The van der Waals surface area contributed by atoms with Crippen LogP contribution >= 0.6 is 12.2 Å². The lowest BCUT2D eigenvalue weighted by atomic mass is 10.1. The van der Waals surface area contributed by atoms with Crippen LogP contribution in [0.3, 0.4) is 0 Å². The van der Waals surface area contributed by atoms with E-state index in [1.165, 1.54) is 0 Å². The number of thiocarbonyl (C=S) groups is 1. The molecule has 0 aliphatic heterocycles. The van der Waals surface area contributed by atoms with Gasteiger partial charge in [-0.25, -0.2) is 4.79 Å². The van der Waals surface area contributed by atoms with E-state index in [1.54, 1.807) is 13.8 Å². The number of hydrogen-bond acceptors (Lipinski definition) is 6. The number of aryl methyl sites for hydroxylation is 1. The lowest BCUT2D eigenvalue weighted by molar-refractivity contribution is -0.143. The molecule has 0 saturated heterocycles. The lowest BCUT2D eigenvalue weighted by Crippen LogP contribution is -2.30. The quantitative estimate of drug-likeness (QED) is 0.617. The molecule has 1 aromatic rings. The van der Waals surface area contributed by atoms with Crippen LogP contribution in [-0.4, -0.2) is 33.8 Å². The van der Waals surface area contributed by atoms with Gasteiger partial charge in [-0.05, 0) is 33.3 Å². The van der Waals surface area contributed by atoms with Crippen LogP contribution in [0.4, 0.5) is 5.82 Å². The Balaban J connectivity index is 3.05. The third-order valence-corrected chi connectivity index (χ3v) is 2.90. The van der Waals surface area contributed by atoms with E-state index in [0.717, 1.165) is 11.3 Å². The molecule has 1 heterocycles. The second-order valence-electron chi connectivity index (χ2n) is 4.12. The Morgan fingerprint density at radius 3 is 2.63 bits per heavy atom. The van der Waals surface area contributed by atoms with E-state index in [9.17, 15) is 4.79 Å². The van der Waals surface area contributed by atoms with Gasteiger partial charge in [-0.3, -0.25) is 0 Å². The predicted molar refractivity (Wildman–Crippen MR) is 77.1 cm³/mol. The highest BCUT2D eigenvalue weighted by Gasteiger charge is 2.19. The fourth-order valence-electron chi connectivity index (χ4n) is 1.54. The molecule has 7 heteroatoms. The smallest absolute Gasteiger partial charge is 0.328 e. The Kier molecular flexibility index (Phi) is 5.17. The molecule has 3 N–H and O–H groups in total. The van der Waals surface area contributed by atoms with Crippen LogP contribution in [0.5, 0.6) is 0 Å². The Morgan fingerprint density at radius 2 is 2.11 bits per heavy atom. The van der Waals surface area contributed by atoms with Gasteiger partial charge in [0.2, 0.25) is 0 Å². The van der Waals surface area contributed by atoms with Crippen LogP contribution in [0.25, 0.3) is 0 Å². The molecular formula is C12H18N4O2S. The zero-order valence-electron chi connectivity index (χ0n) is 11.5. The number of esters is 1. The lowest BCUT2D eigenvalue weighted by Gasteiger charge is -2.17. The molecule has 0 spiro atoms. The van der Waals surface area contributed by atoms with Crippen molar-refractivity contribution in [2.24, 2.45) is 5.73 Å². The summed E-state index contributed by atoms with van der Waals surface area (Å²) >= 11 is 5.02. The predicted octanol–water partition coefficient (Wildman–Crippen LogP) is 1.09. The molecule has 0 aromatic carbocycles. The topological polar surface area (TPSA) is 90.1 Å².